The fourth-order valence-electron chi connectivity index (χ4n) is 3.58. The van der Waals surface area contributed by atoms with E-state index in [1.165, 1.54) is 0 Å². The molecule has 1 N–H and O–H groups in total. The Balaban J connectivity index is 1.44. The number of carbonyl (C=O) groups is 2. The highest BCUT2D eigenvalue weighted by Crippen LogP contribution is 2.24. The zero-order valence-electron chi connectivity index (χ0n) is 15.0. The second-order valence-electron chi connectivity index (χ2n) is 6.85. The highest BCUT2D eigenvalue weighted by Gasteiger charge is 2.28. The monoisotopic (exact) mass is 375 g/mol. The standard InChI is InChI=1S/C21H17N3O4/c22-12-13-2-1-3-16(10-13)20(26)24-8-6-14(7-9-24)19(25)15-4-5-17-18(11-15)28-21(27)23-17/h1-5,10-11,14H,6-9H2,(H,23,27). The molecule has 0 spiro atoms. The van der Waals surface area contributed by atoms with Crippen LogP contribution in [0.15, 0.2) is 51.7 Å². The van der Waals surface area contributed by atoms with Crippen LogP contribution in [0.3, 0.4) is 0 Å². The minimum Gasteiger partial charge on any atom is -0.408 e. The van der Waals surface area contributed by atoms with Gasteiger partial charge >= 0.3 is 5.76 Å². The molecule has 1 fully saturated rings. The quantitative estimate of drug-likeness (QED) is 0.708. The molecule has 1 aliphatic rings. The first-order valence-corrected chi connectivity index (χ1v) is 9.01. The van der Waals surface area contributed by atoms with Crippen LogP contribution in [0.2, 0.25) is 0 Å². The predicted molar refractivity (Wildman–Crippen MR) is 101 cm³/mol. The van der Waals surface area contributed by atoms with Crippen LogP contribution in [0.1, 0.15) is 39.1 Å². The van der Waals surface area contributed by atoms with Crippen LogP contribution in [-0.4, -0.2) is 34.7 Å². The van der Waals surface area contributed by atoms with Crippen molar-refractivity contribution in [1.29, 1.82) is 5.26 Å². The Morgan fingerprint density at radius 3 is 2.64 bits per heavy atom. The van der Waals surface area contributed by atoms with Gasteiger partial charge in [0.1, 0.15) is 0 Å². The number of oxazole rings is 1. The number of hydrogen-bond donors (Lipinski definition) is 1. The topological polar surface area (TPSA) is 107 Å². The van der Waals surface area contributed by atoms with E-state index < -0.39 is 5.76 Å². The third-order valence-electron chi connectivity index (χ3n) is 5.10. The molecular weight excluding hydrogens is 358 g/mol. The van der Waals surface area contributed by atoms with Crippen molar-refractivity contribution in [3.63, 3.8) is 0 Å². The highest BCUT2D eigenvalue weighted by molar-refractivity contribution is 6.00. The second kappa shape index (κ2) is 7.16. The summed E-state index contributed by atoms with van der Waals surface area (Å²) >= 11 is 0. The Labute approximate surface area is 160 Å². The van der Waals surface area contributed by atoms with Crippen molar-refractivity contribution in [1.82, 2.24) is 9.88 Å². The number of carbonyl (C=O) groups excluding carboxylic acids is 2. The van der Waals surface area contributed by atoms with E-state index in [-0.39, 0.29) is 17.6 Å². The van der Waals surface area contributed by atoms with Gasteiger partial charge in [0, 0.05) is 30.1 Å². The molecule has 1 amide bonds. The summed E-state index contributed by atoms with van der Waals surface area (Å²) < 4.78 is 5.02. The van der Waals surface area contributed by atoms with Crippen LogP contribution in [0, 0.1) is 17.2 Å². The number of rotatable bonds is 3. The summed E-state index contributed by atoms with van der Waals surface area (Å²) in [6, 6.07) is 13.6. The smallest absolute Gasteiger partial charge is 0.408 e. The largest absolute Gasteiger partial charge is 0.417 e. The molecule has 0 atom stereocenters. The number of likely N-dealkylation sites (tertiary alicyclic amines) is 1. The Hall–Kier alpha value is -3.66. The summed E-state index contributed by atoms with van der Waals surface area (Å²) in [7, 11) is 0. The molecule has 2 aromatic carbocycles. The average Bonchev–Trinajstić information content (AvgIpc) is 3.12. The molecule has 0 saturated carbocycles. The van der Waals surface area contributed by atoms with E-state index in [1.807, 2.05) is 6.07 Å². The van der Waals surface area contributed by atoms with Crippen LogP contribution in [0.5, 0.6) is 0 Å². The first kappa shape index (κ1) is 17.7. The van der Waals surface area contributed by atoms with Crippen molar-refractivity contribution < 1.29 is 14.0 Å². The number of aromatic nitrogens is 1. The Kier molecular flexibility index (Phi) is 4.53. The number of nitriles is 1. The number of Topliss-reactive ketones (excluding diaryl/α,β-unsaturated/α-hetero) is 1. The summed E-state index contributed by atoms with van der Waals surface area (Å²) in [5, 5.41) is 8.99. The maximum atomic E-state index is 12.8. The first-order chi connectivity index (χ1) is 13.5. The van der Waals surface area contributed by atoms with Gasteiger partial charge in [0.15, 0.2) is 11.4 Å². The van der Waals surface area contributed by atoms with Gasteiger partial charge in [0.25, 0.3) is 5.91 Å². The van der Waals surface area contributed by atoms with E-state index in [4.69, 9.17) is 9.68 Å². The van der Waals surface area contributed by atoms with Crippen LogP contribution in [-0.2, 0) is 0 Å². The highest BCUT2D eigenvalue weighted by atomic mass is 16.4. The molecule has 140 valence electrons. The molecule has 1 saturated heterocycles. The Bertz CT molecular complexity index is 1160. The zero-order valence-corrected chi connectivity index (χ0v) is 15.0. The number of nitrogens with one attached hydrogen (secondary N) is 1. The van der Waals surface area contributed by atoms with Crippen molar-refractivity contribution in [3.05, 3.63) is 69.7 Å². The fraction of sp³-hybridized carbons (Fsp3) is 0.238. The first-order valence-electron chi connectivity index (χ1n) is 9.01. The number of hydrogen-bond acceptors (Lipinski definition) is 5. The molecule has 4 rings (SSSR count). The van der Waals surface area contributed by atoms with Crippen LogP contribution in [0.25, 0.3) is 11.1 Å². The third-order valence-corrected chi connectivity index (χ3v) is 5.10. The minimum absolute atomic E-state index is 0.00988. The second-order valence-corrected chi connectivity index (χ2v) is 6.85. The van der Waals surface area contributed by atoms with Crippen LogP contribution >= 0.6 is 0 Å². The summed E-state index contributed by atoms with van der Waals surface area (Å²) in [4.78, 5) is 41.0. The van der Waals surface area contributed by atoms with E-state index in [0.29, 0.717) is 53.7 Å². The molecule has 7 heteroatoms. The maximum Gasteiger partial charge on any atom is 0.417 e. The van der Waals surface area contributed by atoms with Gasteiger partial charge in [-0.3, -0.25) is 14.6 Å². The van der Waals surface area contributed by atoms with Crippen LogP contribution in [0.4, 0.5) is 0 Å². The summed E-state index contributed by atoms with van der Waals surface area (Å²) in [6.07, 6.45) is 1.13. The lowest BCUT2D eigenvalue weighted by Crippen LogP contribution is -2.40. The Morgan fingerprint density at radius 1 is 1.11 bits per heavy atom. The average molecular weight is 375 g/mol. The van der Waals surface area contributed by atoms with E-state index in [1.54, 1.807) is 47.4 Å². The van der Waals surface area contributed by atoms with E-state index in [2.05, 4.69) is 4.98 Å². The zero-order chi connectivity index (χ0) is 19.7. The normalized spacial score (nSPS) is 14.8. The van der Waals surface area contributed by atoms with Gasteiger partial charge in [0.05, 0.1) is 17.1 Å². The lowest BCUT2D eigenvalue weighted by molar-refractivity contribution is 0.0650. The van der Waals surface area contributed by atoms with Crippen molar-refractivity contribution in [3.8, 4) is 6.07 Å². The lowest BCUT2D eigenvalue weighted by atomic mass is 9.88. The number of fused-ring (bicyclic) bond motifs is 1. The molecular formula is C21H17N3O4. The van der Waals surface area contributed by atoms with Gasteiger partial charge in [-0.2, -0.15) is 5.26 Å². The number of piperidine rings is 1. The van der Waals surface area contributed by atoms with Gasteiger partial charge in [-0.1, -0.05) is 6.07 Å². The van der Waals surface area contributed by atoms with Crippen LogP contribution < -0.4 is 5.76 Å². The van der Waals surface area contributed by atoms with Crippen molar-refractivity contribution in [2.24, 2.45) is 5.92 Å². The van der Waals surface area contributed by atoms with Crippen molar-refractivity contribution >= 4 is 22.8 Å². The summed E-state index contributed by atoms with van der Waals surface area (Å²) in [6.45, 7) is 0.959. The van der Waals surface area contributed by atoms with Gasteiger partial charge in [-0.25, -0.2) is 4.79 Å². The number of amides is 1. The van der Waals surface area contributed by atoms with Gasteiger partial charge < -0.3 is 9.32 Å². The van der Waals surface area contributed by atoms with Crippen molar-refractivity contribution in [2.75, 3.05) is 13.1 Å². The number of nitrogens with zero attached hydrogens (tertiary/aromatic N) is 2. The van der Waals surface area contributed by atoms with Gasteiger partial charge in [0.2, 0.25) is 0 Å². The van der Waals surface area contributed by atoms with E-state index in [9.17, 15) is 14.4 Å². The molecule has 1 aliphatic heterocycles. The molecule has 0 unspecified atom stereocenters. The summed E-state index contributed by atoms with van der Waals surface area (Å²) in [5.41, 5.74) is 2.35. The number of benzene rings is 2. The number of ketones is 1. The number of aromatic amines is 1. The molecule has 0 bridgehead atoms. The van der Waals surface area contributed by atoms with E-state index >= 15 is 0 Å². The molecule has 28 heavy (non-hydrogen) atoms. The SMILES string of the molecule is N#Cc1cccc(C(=O)N2CCC(C(=O)c3ccc4[nH]c(=O)oc4c3)CC2)c1. The molecule has 1 aromatic heterocycles. The molecule has 7 nitrogen and oxygen atoms in total. The predicted octanol–water partition coefficient (Wildman–Crippen LogP) is 2.73. The fourth-order valence-corrected chi connectivity index (χ4v) is 3.58. The molecule has 3 aromatic rings. The maximum absolute atomic E-state index is 12.8. The molecule has 0 radical (unpaired) electrons. The number of H-pyrrole nitrogens is 1. The van der Waals surface area contributed by atoms with Gasteiger partial charge in [-0.15, -0.1) is 0 Å². The molecule has 2 heterocycles. The van der Waals surface area contributed by atoms with Gasteiger partial charge in [-0.05, 0) is 49.2 Å². The van der Waals surface area contributed by atoms with Crippen molar-refractivity contribution in [2.45, 2.75) is 12.8 Å². The molecule has 0 aliphatic carbocycles. The summed E-state index contributed by atoms with van der Waals surface area (Å²) in [5.74, 6) is -0.868. The lowest BCUT2D eigenvalue weighted by Gasteiger charge is -2.31. The third kappa shape index (κ3) is 3.32. The Morgan fingerprint density at radius 2 is 1.89 bits per heavy atom. The minimum atomic E-state index is -0.549. The van der Waals surface area contributed by atoms with E-state index in [0.717, 1.165) is 0 Å².